The Balaban J connectivity index is 2.34. The van der Waals surface area contributed by atoms with Crippen molar-refractivity contribution in [3.8, 4) is 16.9 Å². The molecule has 2 N–H and O–H groups in total. The van der Waals surface area contributed by atoms with Crippen LogP contribution in [0, 0.1) is 6.92 Å². The second kappa shape index (κ2) is 4.58. The lowest BCUT2D eigenvalue weighted by Gasteiger charge is -2.08. The minimum absolute atomic E-state index is 0.700. The summed E-state index contributed by atoms with van der Waals surface area (Å²) >= 11 is 1.57. The molecule has 0 aliphatic carbocycles. The summed E-state index contributed by atoms with van der Waals surface area (Å²) in [6.45, 7) is 4.75. The Morgan fingerprint density at radius 3 is 2.62 bits per heavy atom. The number of anilines is 1. The Kier molecular flexibility index (Phi) is 3.15. The highest BCUT2D eigenvalue weighted by Crippen LogP contribution is 2.30. The van der Waals surface area contributed by atoms with E-state index in [9.17, 15) is 0 Å². The van der Waals surface area contributed by atoms with E-state index in [1.165, 1.54) is 11.1 Å². The summed E-state index contributed by atoms with van der Waals surface area (Å²) < 4.78 is 5.51. The molecular formula is C13H15NOS. The number of hydrogen-bond acceptors (Lipinski definition) is 3. The molecule has 84 valence electrons. The molecule has 0 fully saturated rings. The van der Waals surface area contributed by atoms with Gasteiger partial charge in [-0.15, -0.1) is 11.3 Å². The first kappa shape index (κ1) is 11.0. The van der Waals surface area contributed by atoms with E-state index in [0.29, 0.717) is 6.61 Å². The van der Waals surface area contributed by atoms with Crippen LogP contribution in [0.2, 0.25) is 0 Å². The molecule has 0 unspecified atom stereocenters. The molecule has 0 radical (unpaired) electrons. The Morgan fingerprint density at radius 2 is 2.06 bits per heavy atom. The lowest BCUT2D eigenvalue weighted by Crippen LogP contribution is -1.93. The van der Waals surface area contributed by atoms with Crippen molar-refractivity contribution in [3.05, 3.63) is 35.2 Å². The summed E-state index contributed by atoms with van der Waals surface area (Å²) in [5.74, 6) is 0.953. The standard InChI is InChI=1S/C13H15NOS/c1-3-15-12-5-4-10(6-9(12)2)11-7-13(14)16-8-11/h4-8H,3,14H2,1-2H3. The molecule has 1 aromatic heterocycles. The quantitative estimate of drug-likeness (QED) is 0.877. The van der Waals surface area contributed by atoms with Crippen molar-refractivity contribution in [2.45, 2.75) is 13.8 Å². The van der Waals surface area contributed by atoms with Crippen LogP contribution in [0.15, 0.2) is 29.6 Å². The van der Waals surface area contributed by atoms with Gasteiger partial charge in [-0.05, 0) is 48.7 Å². The smallest absolute Gasteiger partial charge is 0.122 e. The molecule has 0 aliphatic rings. The fourth-order valence-corrected chi connectivity index (χ4v) is 2.31. The van der Waals surface area contributed by atoms with Crippen LogP contribution in [0.5, 0.6) is 5.75 Å². The number of rotatable bonds is 3. The van der Waals surface area contributed by atoms with Gasteiger partial charge in [0.15, 0.2) is 0 Å². The fourth-order valence-electron chi connectivity index (χ4n) is 1.65. The van der Waals surface area contributed by atoms with Crippen LogP contribution < -0.4 is 10.5 Å². The van der Waals surface area contributed by atoms with Gasteiger partial charge in [0.25, 0.3) is 0 Å². The summed E-state index contributed by atoms with van der Waals surface area (Å²) in [5.41, 5.74) is 9.25. The van der Waals surface area contributed by atoms with Crippen LogP contribution in [0.1, 0.15) is 12.5 Å². The average molecular weight is 233 g/mol. The van der Waals surface area contributed by atoms with Crippen molar-refractivity contribution in [2.24, 2.45) is 0 Å². The molecule has 0 saturated carbocycles. The Hall–Kier alpha value is -1.48. The van der Waals surface area contributed by atoms with Crippen molar-refractivity contribution in [1.82, 2.24) is 0 Å². The van der Waals surface area contributed by atoms with Gasteiger partial charge in [0.05, 0.1) is 11.6 Å². The van der Waals surface area contributed by atoms with Crippen molar-refractivity contribution >= 4 is 16.3 Å². The van der Waals surface area contributed by atoms with E-state index < -0.39 is 0 Å². The third kappa shape index (κ3) is 2.19. The summed E-state index contributed by atoms with van der Waals surface area (Å²) in [7, 11) is 0. The highest BCUT2D eigenvalue weighted by Gasteiger charge is 2.04. The van der Waals surface area contributed by atoms with Crippen molar-refractivity contribution in [1.29, 1.82) is 0 Å². The summed E-state index contributed by atoms with van der Waals surface area (Å²) in [6.07, 6.45) is 0. The van der Waals surface area contributed by atoms with Crippen molar-refractivity contribution in [2.75, 3.05) is 12.3 Å². The molecule has 0 atom stereocenters. The number of nitrogen functional groups attached to an aromatic ring is 1. The average Bonchev–Trinajstić information content (AvgIpc) is 2.68. The second-order valence-corrected chi connectivity index (χ2v) is 4.59. The molecule has 0 amide bonds. The van der Waals surface area contributed by atoms with Gasteiger partial charge in [0, 0.05) is 5.38 Å². The van der Waals surface area contributed by atoms with Crippen LogP contribution in [0.3, 0.4) is 0 Å². The summed E-state index contributed by atoms with van der Waals surface area (Å²) in [5, 5.41) is 2.92. The van der Waals surface area contributed by atoms with Crippen LogP contribution in [0.4, 0.5) is 5.00 Å². The van der Waals surface area contributed by atoms with E-state index in [4.69, 9.17) is 10.5 Å². The Bertz CT molecular complexity index is 490. The molecule has 2 nitrogen and oxygen atoms in total. The maximum Gasteiger partial charge on any atom is 0.122 e. The highest BCUT2D eigenvalue weighted by molar-refractivity contribution is 7.14. The van der Waals surface area contributed by atoms with E-state index >= 15 is 0 Å². The molecule has 0 aliphatic heterocycles. The minimum Gasteiger partial charge on any atom is -0.494 e. The van der Waals surface area contributed by atoms with E-state index in [2.05, 4.69) is 24.4 Å². The topological polar surface area (TPSA) is 35.2 Å². The molecule has 2 aromatic rings. The van der Waals surface area contributed by atoms with Gasteiger partial charge >= 0.3 is 0 Å². The first-order chi connectivity index (χ1) is 7.70. The first-order valence-electron chi connectivity index (χ1n) is 5.28. The predicted octanol–water partition coefficient (Wildman–Crippen LogP) is 3.70. The predicted molar refractivity (Wildman–Crippen MR) is 70.1 cm³/mol. The molecule has 1 aromatic carbocycles. The number of thiophene rings is 1. The SMILES string of the molecule is CCOc1ccc(-c2csc(N)c2)cc1C. The molecule has 3 heteroatoms. The van der Waals surface area contributed by atoms with Gasteiger partial charge in [-0.2, -0.15) is 0 Å². The number of nitrogens with two attached hydrogens (primary N) is 1. The highest BCUT2D eigenvalue weighted by atomic mass is 32.1. The number of aryl methyl sites for hydroxylation is 1. The molecule has 16 heavy (non-hydrogen) atoms. The maximum atomic E-state index is 5.73. The zero-order valence-corrected chi connectivity index (χ0v) is 10.3. The van der Waals surface area contributed by atoms with Gasteiger partial charge in [0.2, 0.25) is 0 Å². The van der Waals surface area contributed by atoms with Gasteiger partial charge < -0.3 is 10.5 Å². The third-order valence-electron chi connectivity index (χ3n) is 2.43. The van der Waals surface area contributed by atoms with Gasteiger partial charge in [-0.25, -0.2) is 0 Å². The normalized spacial score (nSPS) is 10.4. The molecule has 0 bridgehead atoms. The second-order valence-electron chi connectivity index (χ2n) is 3.65. The largest absolute Gasteiger partial charge is 0.494 e. The lowest BCUT2D eigenvalue weighted by molar-refractivity contribution is 0.338. The molecule has 0 saturated heterocycles. The monoisotopic (exact) mass is 233 g/mol. The van der Waals surface area contributed by atoms with Crippen LogP contribution in [0.25, 0.3) is 11.1 Å². The van der Waals surface area contributed by atoms with E-state index in [1.54, 1.807) is 11.3 Å². The Morgan fingerprint density at radius 1 is 1.25 bits per heavy atom. The molecule has 1 heterocycles. The van der Waals surface area contributed by atoms with Crippen molar-refractivity contribution < 1.29 is 4.74 Å². The lowest BCUT2D eigenvalue weighted by atomic mass is 10.1. The first-order valence-corrected chi connectivity index (χ1v) is 6.16. The zero-order valence-electron chi connectivity index (χ0n) is 9.49. The number of hydrogen-bond donors (Lipinski definition) is 1. The molecule has 0 spiro atoms. The van der Waals surface area contributed by atoms with Crippen LogP contribution in [-0.2, 0) is 0 Å². The zero-order chi connectivity index (χ0) is 11.5. The van der Waals surface area contributed by atoms with Gasteiger partial charge in [0.1, 0.15) is 5.75 Å². The molecule has 2 rings (SSSR count). The van der Waals surface area contributed by atoms with Crippen LogP contribution >= 0.6 is 11.3 Å². The van der Waals surface area contributed by atoms with Crippen molar-refractivity contribution in [3.63, 3.8) is 0 Å². The summed E-state index contributed by atoms with van der Waals surface area (Å²) in [4.78, 5) is 0. The van der Waals surface area contributed by atoms with Gasteiger partial charge in [-0.3, -0.25) is 0 Å². The van der Waals surface area contributed by atoms with E-state index in [0.717, 1.165) is 16.3 Å². The third-order valence-corrected chi connectivity index (χ3v) is 3.19. The van der Waals surface area contributed by atoms with E-state index in [-0.39, 0.29) is 0 Å². The van der Waals surface area contributed by atoms with Crippen LogP contribution in [-0.4, -0.2) is 6.61 Å². The minimum atomic E-state index is 0.700. The van der Waals surface area contributed by atoms with E-state index in [1.807, 2.05) is 19.1 Å². The fraction of sp³-hybridized carbons (Fsp3) is 0.231. The number of benzene rings is 1. The summed E-state index contributed by atoms with van der Waals surface area (Å²) in [6, 6.07) is 8.22. The molecular weight excluding hydrogens is 218 g/mol. The number of ether oxygens (including phenoxy) is 1. The maximum absolute atomic E-state index is 5.73. The van der Waals surface area contributed by atoms with Gasteiger partial charge in [-0.1, -0.05) is 6.07 Å². The Labute approximate surface area is 99.7 Å².